The first-order valence-corrected chi connectivity index (χ1v) is 17.9. The van der Waals surface area contributed by atoms with Gasteiger partial charge in [0.1, 0.15) is 18.3 Å². The van der Waals surface area contributed by atoms with Crippen LogP contribution in [0.4, 0.5) is 5.69 Å². The number of nitrogens with zero attached hydrogens (tertiary/aromatic N) is 2. The molecule has 0 bridgehead atoms. The molecule has 1 N–H and O–H groups in total. The largest absolute Gasteiger partial charge is 0.494 e. The second-order valence-corrected chi connectivity index (χ2v) is 13.8. The minimum absolute atomic E-state index is 0.0769. The molecule has 0 heterocycles. The maximum absolute atomic E-state index is 14.3. The number of hydrogen-bond acceptors (Lipinski definition) is 6. The van der Waals surface area contributed by atoms with Gasteiger partial charge in [0.15, 0.2) is 0 Å². The van der Waals surface area contributed by atoms with E-state index in [9.17, 15) is 18.0 Å². The summed E-state index contributed by atoms with van der Waals surface area (Å²) in [6, 6.07) is 20.4. The maximum Gasteiger partial charge on any atom is 0.264 e. The Morgan fingerprint density at radius 3 is 2.16 bits per heavy atom. The molecule has 3 aromatic carbocycles. The average Bonchev–Trinajstić information content (AvgIpc) is 3.54. The number of amides is 2. The van der Waals surface area contributed by atoms with Gasteiger partial charge in [0, 0.05) is 17.5 Å². The predicted molar refractivity (Wildman–Crippen MR) is 177 cm³/mol. The Kier molecular flexibility index (Phi) is 11.7. The van der Waals surface area contributed by atoms with Crippen molar-refractivity contribution in [2.45, 2.75) is 81.3 Å². The molecule has 2 amide bonds. The summed E-state index contributed by atoms with van der Waals surface area (Å²) < 4.78 is 35.0. The number of nitrogens with one attached hydrogen (secondary N) is 1. The first kappa shape index (κ1) is 33.4. The lowest BCUT2D eigenvalue weighted by atomic mass is 10.1. The van der Waals surface area contributed by atoms with Gasteiger partial charge in [-0.25, -0.2) is 8.42 Å². The molecule has 1 unspecified atom stereocenters. The zero-order chi connectivity index (χ0) is 31.7. The van der Waals surface area contributed by atoms with E-state index in [2.05, 4.69) is 5.32 Å². The van der Waals surface area contributed by atoms with Gasteiger partial charge in [-0.1, -0.05) is 49.6 Å². The van der Waals surface area contributed by atoms with Crippen LogP contribution in [-0.2, 0) is 26.2 Å². The van der Waals surface area contributed by atoms with E-state index in [-0.39, 0.29) is 23.4 Å². The van der Waals surface area contributed by atoms with Gasteiger partial charge in [0.2, 0.25) is 11.8 Å². The topological polar surface area (TPSA) is 96.0 Å². The van der Waals surface area contributed by atoms with E-state index in [1.165, 1.54) is 16.7 Å². The number of benzene rings is 3. The molecule has 0 aliphatic heterocycles. The van der Waals surface area contributed by atoms with Crippen LogP contribution in [0.1, 0.15) is 57.1 Å². The summed E-state index contributed by atoms with van der Waals surface area (Å²) in [5, 5.41) is 3.15. The number of ether oxygens (including phenoxy) is 1. The Balaban J connectivity index is 1.71. The number of thioether (sulfide) groups is 1. The Morgan fingerprint density at radius 2 is 1.59 bits per heavy atom. The number of sulfonamides is 1. The molecule has 44 heavy (non-hydrogen) atoms. The Hall–Kier alpha value is -3.50. The number of anilines is 1. The third-order valence-electron chi connectivity index (χ3n) is 7.92. The van der Waals surface area contributed by atoms with Crippen LogP contribution >= 0.6 is 11.8 Å². The average molecular weight is 638 g/mol. The van der Waals surface area contributed by atoms with Crippen LogP contribution in [0.15, 0.2) is 82.6 Å². The number of aryl methyl sites for hydroxylation is 1. The summed E-state index contributed by atoms with van der Waals surface area (Å²) in [6.07, 6.45) is 6.30. The van der Waals surface area contributed by atoms with Gasteiger partial charge in [-0.15, -0.1) is 11.8 Å². The van der Waals surface area contributed by atoms with Crippen molar-refractivity contribution in [3.63, 3.8) is 0 Å². The standard InChI is InChI=1S/C34H43N3O5S2/c1-5-32(34(39)35-27-9-7-8-10-27)36(23-26-13-11-25(3)12-14-26)33(38)24-37(28-15-17-29(18-16-28)42-6-2)44(40,41)31-21-19-30(43-4)20-22-31/h11-22,27,32H,5-10,23-24H2,1-4H3,(H,35,39). The van der Waals surface area contributed by atoms with E-state index in [0.29, 0.717) is 24.5 Å². The molecule has 1 atom stereocenters. The van der Waals surface area contributed by atoms with Crippen LogP contribution in [0, 0.1) is 6.92 Å². The van der Waals surface area contributed by atoms with E-state index >= 15 is 0 Å². The molecule has 1 fully saturated rings. The summed E-state index contributed by atoms with van der Waals surface area (Å²) >= 11 is 1.51. The molecule has 1 saturated carbocycles. The smallest absolute Gasteiger partial charge is 0.264 e. The van der Waals surface area contributed by atoms with E-state index < -0.39 is 28.5 Å². The van der Waals surface area contributed by atoms with Crippen LogP contribution in [0.5, 0.6) is 5.75 Å². The van der Waals surface area contributed by atoms with Crippen molar-refractivity contribution in [2.24, 2.45) is 0 Å². The van der Waals surface area contributed by atoms with E-state index in [0.717, 1.165) is 46.0 Å². The van der Waals surface area contributed by atoms with Gasteiger partial charge in [-0.3, -0.25) is 13.9 Å². The van der Waals surface area contributed by atoms with Gasteiger partial charge >= 0.3 is 0 Å². The molecule has 3 aromatic rings. The summed E-state index contributed by atoms with van der Waals surface area (Å²) in [6.45, 7) is 5.91. The van der Waals surface area contributed by atoms with Crippen molar-refractivity contribution in [2.75, 3.05) is 23.7 Å². The van der Waals surface area contributed by atoms with Crippen molar-refractivity contribution >= 4 is 39.3 Å². The molecule has 10 heteroatoms. The number of rotatable bonds is 14. The van der Waals surface area contributed by atoms with E-state index in [1.54, 1.807) is 48.5 Å². The Bertz CT molecular complexity index is 1490. The zero-order valence-corrected chi connectivity index (χ0v) is 27.6. The number of carbonyl (C=O) groups excluding carboxylic acids is 2. The lowest BCUT2D eigenvalue weighted by molar-refractivity contribution is -0.140. The van der Waals surface area contributed by atoms with Crippen LogP contribution in [-0.4, -0.2) is 56.6 Å². The fourth-order valence-corrected chi connectivity index (χ4v) is 7.28. The Morgan fingerprint density at radius 1 is 0.955 bits per heavy atom. The van der Waals surface area contributed by atoms with Crippen molar-refractivity contribution in [1.29, 1.82) is 0 Å². The highest BCUT2D eigenvalue weighted by Crippen LogP contribution is 2.28. The van der Waals surface area contributed by atoms with Crippen LogP contribution in [0.25, 0.3) is 0 Å². The van der Waals surface area contributed by atoms with Crippen LogP contribution in [0.2, 0.25) is 0 Å². The highest BCUT2D eigenvalue weighted by atomic mass is 32.2. The summed E-state index contributed by atoms with van der Waals surface area (Å²) in [7, 11) is -4.15. The van der Waals surface area contributed by atoms with Gasteiger partial charge < -0.3 is 15.0 Å². The molecule has 236 valence electrons. The van der Waals surface area contributed by atoms with Crippen molar-refractivity contribution in [1.82, 2.24) is 10.2 Å². The van der Waals surface area contributed by atoms with Crippen LogP contribution in [0.3, 0.4) is 0 Å². The minimum atomic E-state index is -4.15. The molecule has 1 aliphatic rings. The first-order valence-electron chi connectivity index (χ1n) is 15.2. The van der Waals surface area contributed by atoms with E-state index in [4.69, 9.17) is 4.74 Å². The quantitative estimate of drug-likeness (QED) is 0.212. The van der Waals surface area contributed by atoms with E-state index in [1.807, 2.05) is 51.3 Å². The molecule has 4 rings (SSSR count). The molecule has 8 nitrogen and oxygen atoms in total. The monoisotopic (exact) mass is 637 g/mol. The normalized spacial score (nSPS) is 14.2. The number of hydrogen-bond donors (Lipinski definition) is 1. The molecule has 0 radical (unpaired) electrons. The Labute approximate surface area is 266 Å². The molecule has 0 aromatic heterocycles. The zero-order valence-electron chi connectivity index (χ0n) is 26.0. The maximum atomic E-state index is 14.3. The minimum Gasteiger partial charge on any atom is -0.494 e. The third-order valence-corrected chi connectivity index (χ3v) is 10.5. The predicted octanol–water partition coefficient (Wildman–Crippen LogP) is 6.18. The van der Waals surface area contributed by atoms with Gasteiger partial charge in [0.25, 0.3) is 10.0 Å². The third kappa shape index (κ3) is 8.35. The van der Waals surface area contributed by atoms with Gasteiger partial charge in [-0.2, -0.15) is 0 Å². The highest BCUT2D eigenvalue weighted by Gasteiger charge is 2.34. The molecule has 0 saturated heterocycles. The lowest BCUT2D eigenvalue weighted by Crippen LogP contribution is -2.53. The molecule has 0 spiro atoms. The fourth-order valence-electron chi connectivity index (χ4n) is 5.46. The van der Waals surface area contributed by atoms with Crippen molar-refractivity contribution in [3.05, 3.63) is 83.9 Å². The summed E-state index contributed by atoms with van der Waals surface area (Å²) in [5.41, 5.74) is 2.27. The second-order valence-electron chi connectivity index (χ2n) is 11.0. The van der Waals surface area contributed by atoms with Crippen LogP contribution < -0.4 is 14.4 Å². The lowest BCUT2D eigenvalue weighted by Gasteiger charge is -2.34. The molecular weight excluding hydrogens is 595 g/mol. The van der Waals surface area contributed by atoms with Crippen molar-refractivity contribution < 1.29 is 22.7 Å². The van der Waals surface area contributed by atoms with Gasteiger partial charge in [0.05, 0.1) is 17.2 Å². The fraction of sp³-hybridized carbons (Fsp3) is 0.412. The summed E-state index contributed by atoms with van der Waals surface area (Å²) in [4.78, 5) is 30.4. The SMILES string of the molecule is CCOc1ccc(N(CC(=O)N(Cc2ccc(C)cc2)C(CC)C(=O)NC2CCCC2)S(=O)(=O)c2ccc(SC)cc2)cc1. The highest BCUT2D eigenvalue weighted by molar-refractivity contribution is 7.98. The summed E-state index contributed by atoms with van der Waals surface area (Å²) in [5.74, 6) is -0.0694. The second kappa shape index (κ2) is 15.5. The van der Waals surface area contributed by atoms with Crippen molar-refractivity contribution in [3.8, 4) is 5.75 Å². The van der Waals surface area contributed by atoms with Gasteiger partial charge in [-0.05, 0) is 93.5 Å². The number of carbonyl (C=O) groups is 2. The first-order chi connectivity index (χ1) is 21.2. The molecule has 1 aliphatic carbocycles. The molecular formula is C34H43N3O5S2.